The van der Waals surface area contributed by atoms with E-state index in [0.717, 1.165) is 24.1 Å². The molecule has 2 rings (SSSR count). The molecule has 5 heteroatoms. The number of pyridine rings is 1. The van der Waals surface area contributed by atoms with Crippen molar-refractivity contribution in [2.75, 3.05) is 26.7 Å². The Morgan fingerprint density at radius 1 is 1.67 bits per heavy atom. The van der Waals surface area contributed by atoms with Gasteiger partial charge in [-0.1, -0.05) is 0 Å². The lowest BCUT2D eigenvalue weighted by molar-refractivity contribution is 0.197. The Morgan fingerprint density at radius 2 is 2.47 bits per heavy atom. The summed E-state index contributed by atoms with van der Waals surface area (Å²) in [5.74, 6) is -0.376. The summed E-state index contributed by atoms with van der Waals surface area (Å²) in [7, 11) is 2.01. The van der Waals surface area contributed by atoms with Crippen LogP contribution in [0.1, 0.15) is 11.6 Å². The van der Waals surface area contributed by atoms with Crippen molar-refractivity contribution in [2.45, 2.75) is 6.04 Å². The summed E-state index contributed by atoms with van der Waals surface area (Å²) >= 11 is 3.31. The average Bonchev–Trinajstić information content (AvgIpc) is 2.23. The number of hydrogen-bond acceptors (Lipinski definition) is 3. The second kappa shape index (κ2) is 4.55. The van der Waals surface area contributed by atoms with E-state index in [4.69, 9.17) is 0 Å². The van der Waals surface area contributed by atoms with Crippen LogP contribution >= 0.6 is 15.9 Å². The zero-order valence-electron chi connectivity index (χ0n) is 8.50. The average molecular weight is 274 g/mol. The second-order valence-corrected chi connectivity index (χ2v) is 4.65. The van der Waals surface area contributed by atoms with Gasteiger partial charge in [-0.25, -0.2) is 4.98 Å². The van der Waals surface area contributed by atoms with E-state index in [1.807, 2.05) is 7.05 Å². The van der Waals surface area contributed by atoms with Crippen molar-refractivity contribution in [3.8, 4) is 0 Å². The lowest BCUT2D eigenvalue weighted by Gasteiger charge is -2.33. The number of aromatic nitrogens is 1. The second-order valence-electron chi connectivity index (χ2n) is 3.73. The predicted molar refractivity (Wildman–Crippen MR) is 60.1 cm³/mol. The van der Waals surface area contributed by atoms with Crippen LogP contribution in [0.5, 0.6) is 0 Å². The topological polar surface area (TPSA) is 28.2 Å². The highest BCUT2D eigenvalue weighted by molar-refractivity contribution is 9.10. The van der Waals surface area contributed by atoms with E-state index in [1.54, 1.807) is 6.07 Å². The number of nitrogens with zero attached hydrogens (tertiary/aromatic N) is 2. The molecule has 1 aromatic heterocycles. The fraction of sp³-hybridized carbons (Fsp3) is 0.500. The number of likely N-dealkylation sites (N-methyl/N-ethyl adjacent to an activating group) is 1. The van der Waals surface area contributed by atoms with Crippen LogP contribution < -0.4 is 5.32 Å². The lowest BCUT2D eigenvalue weighted by atomic mass is 10.1. The third-order valence-electron chi connectivity index (χ3n) is 2.70. The molecule has 2 heterocycles. The van der Waals surface area contributed by atoms with Crippen LogP contribution in [-0.4, -0.2) is 36.6 Å². The van der Waals surface area contributed by atoms with Crippen molar-refractivity contribution in [1.82, 2.24) is 15.2 Å². The molecule has 0 saturated carbocycles. The van der Waals surface area contributed by atoms with Crippen LogP contribution in [0, 0.1) is 5.95 Å². The van der Waals surface area contributed by atoms with Gasteiger partial charge in [0.2, 0.25) is 5.95 Å². The predicted octanol–water partition coefficient (Wildman–Crippen LogP) is 1.56. The molecule has 0 spiro atoms. The summed E-state index contributed by atoms with van der Waals surface area (Å²) in [6, 6.07) is 1.87. The molecule has 1 aliphatic rings. The molecule has 3 nitrogen and oxygen atoms in total. The minimum absolute atomic E-state index is 0.0729. The summed E-state index contributed by atoms with van der Waals surface area (Å²) in [6.07, 6.45) is 1.48. The highest BCUT2D eigenvalue weighted by Gasteiger charge is 2.23. The van der Waals surface area contributed by atoms with E-state index in [2.05, 4.69) is 31.1 Å². The monoisotopic (exact) mass is 273 g/mol. The molecule has 0 aliphatic carbocycles. The van der Waals surface area contributed by atoms with Crippen molar-refractivity contribution in [2.24, 2.45) is 0 Å². The van der Waals surface area contributed by atoms with Gasteiger partial charge in [-0.15, -0.1) is 0 Å². The van der Waals surface area contributed by atoms with Gasteiger partial charge in [0.05, 0.1) is 6.04 Å². The molecule has 1 fully saturated rings. The molecule has 1 aromatic rings. The van der Waals surface area contributed by atoms with Crippen molar-refractivity contribution in [1.29, 1.82) is 0 Å². The van der Waals surface area contributed by atoms with Gasteiger partial charge in [0.15, 0.2) is 0 Å². The molecule has 1 atom stereocenters. The normalized spacial score (nSPS) is 23.0. The zero-order valence-corrected chi connectivity index (χ0v) is 10.1. The van der Waals surface area contributed by atoms with Crippen LogP contribution in [0.2, 0.25) is 0 Å². The standard InChI is InChI=1S/C10H13BrFN3/c1-15-3-2-13-6-9(15)8-4-7(11)5-14-10(8)12/h4-5,9,13H,2-3,6H2,1H3. The maximum atomic E-state index is 13.5. The number of halogens is 2. The summed E-state index contributed by atoms with van der Waals surface area (Å²) < 4.78 is 14.4. The Balaban J connectivity index is 2.30. The molecule has 1 saturated heterocycles. The van der Waals surface area contributed by atoms with Gasteiger partial charge in [0.1, 0.15) is 0 Å². The summed E-state index contributed by atoms with van der Waals surface area (Å²) in [5.41, 5.74) is 0.652. The Labute approximate surface area is 96.8 Å². The van der Waals surface area contributed by atoms with Crippen molar-refractivity contribution in [3.63, 3.8) is 0 Å². The summed E-state index contributed by atoms with van der Waals surface area (Å²) in [5, 5.41) is 3.26. The van der Waals surface area contributed by atoms with Crippen LogP contribution in [0.4, 0.5) is 4.39 Å². The number of hydrogen-bond donors (Lipinski definition) is 1. The zero-order chi connectivity index (χ0) is 10.8. The van der Waals surface area contributed by atoms with Gasteiger partial charge >= 0.3 is 0 Å². The first-order valence-electron chi connectivity index (χ1n) is 4.90. The minimum atomic E-state index is -0.376. The molecular formula is C10H13BrFN3. The minimum Gasteiger partial charge on any atom is -0.314 e. The molecule has 15 heavy (non-hydrogen) atoms. The van der Waals surface area contributed by atoms with E-state index in [0.29, 0.717) is 5.56 Å². The smallest absolute Gasteiger partial charge is 0.217 e. The highest BCUT2D eigenvalue weighted by atomic mass is 79.9. The van der Waals surface area contributed by atoms with Crippen LogP contribution in [-0.2, 0) is 0 Å². The molecule has 0 bridgehead atoms. The summed E-state index contributed by atoms with van der Waals surface area (Å²) in [4.78, 5) is 5.86. The van der Waals surface area contributed by atoms with Gasteiger partial charge in [0, 0.05) is 35.9 Å². The number of nitrogens with one attached hydrogen (secondary N) is 1. The van der Waals surface area contributed by atoms with Gasteiger partial charge < -0.3 is 5.32 Å². The molecule has 0 amide bonds. The molecular weight excluding hydrogens is 261 g/mol. The van der Waals surface area contributed by atoms with E-state index in [1.165, 1.54) is 6.20 Å². The van der Waals surface area contributed by atoms with Gasteiger partial charge in [0.25, 0.3) is 0 Å². The largest absolute Gasteiger partial charge is 0.314 e. The lowest BCUT2D eigenvalue weighted by Crippen LogP contribution is -2.44. The van der Waals surface area contributed by atoms with E-state index in [-0.39, 0.29) is 12.0 Å². The molecule has 1 N–H and O–H groups in total. The SMILES string of the molecule is CN1CCNCC1c1cc(Br)cnc1F. The maximum absolute atomic E-state index is 13.5. The fourth-order valence-electron chi connectivity index (χ4n) is 1.83. The number of piperazine rings is 1. The molecule has 0 radical (unpaired) electrons. The van der Waals surface area contributed by atoms with Gasteiger partial charge in [-0.3, -0.25) is 4.90 Å². The molecule has 82 valence electrons. The van der Waals surface area contributed by atoms with Crippen LogP contribution in [0.25, 0.3) is 0 Å². The Morgan fingerprint density at radius 3 is 3.20 bits per heavy atom. The quantitative estimate of drug-likeness (QED) is 0.788. The number of rotatable bonds is 1. The molecule has 0 aromatic carbocycles. The molecule has 1 aliphatic heterocycles. The third kappa shape index (κ3) is 2.35. The first-order chi connectivity index (χ1) is 7.18. The van der Waals surface area contributed by atoms with Crippen molar-refractivity contribution < 1.29 is 4.39 Å². The maximum Gasteiger partial charge on any atom is 0.217 e. The molecule has 1 unspecified atom stereocenters. The van der Waals surface area contributed by atoms with Crippen LogP contribution in [0.15, 0.2) is 16.7 Å². The summed E-state index contributed by atoms with van der Waals surface area (Å²) in [6.45, 7) is 2.65. The van der Waals surface area contributed by atoms with Crippen LogP contribution in [0.3, 0.4) is 0 Å². The van der Waals surface area contributed by atoms with Crippen molar-refractivity contribution in [3.05, 3.63) is 28.2 Å². The Bertz CT molecular complexity index is 359. The first kappa shape index (κ1) is 11.0. The van der Waals surface area contributed by atoms with E-state index in [9.17, 15) is 4.39 Å². The van der Waals surface area contributed by atoms with E-state index < -0.39 is 0 Å². The fourth-order valence-corrected chi connectivity index (χ4v) is 2.17. The Kier molecular flexibility index (Phi) is 3.33. The van der Waals surface area contributed by atoms with Crippen molar-refractivity contribution >= 4 is 15.9 Å². The van der Waals surface area contributed by atoms with Gasteiger partial charge in [-0.2, -0.15) is 4.39 Å². The van der Waals surface area contributed by atoms with Gasteiger partial charge in [-0.05, 0) is 29.0 Å². The Hall–Kier alpha value is -0.520. The first-order valence-corrected chi connectivity index (χ1v) is 5.69. The van der Waals surface area contributed by atoms with E-state index >= 15 is 0 Å². The highest BCUT2D eigenvalue weighted by Crippen LogP contribution is 2.24. The third-order valence-corrected chi connectivity index (χ3v) is 3.14.